The van der Waals surface area contributed by atoms with E-state index < -0.39 is 0 Å². The number of hydrogen-bond acceptors (Lipinski definition) is 3. The molecule has 132 valence electrons. The van der Waals surface area contributed by atoms with Gasteiger partial charge in [0.25, 0.3) is 5.91 Å². The smallest absolute Gasteiger partial charge is 0.282 e. The Morgan fingerprint density at radius 1 is 1.20 bits per heavy atom. The van der Waals surface area contributed by atoms with E-state index in [1.165, 1.54) is 0 Å². The maximum Gasteiger partial charge on any atom is 0.282 e. The van der Waals surface area contributed by atoms with Crippen LogP contribution in [0.1, 0.15) is 12.5 Å². The Morgan fingerprint density at radius 3 is 2.72 bits per heavy atom. The first-order chi connectivity index (χ1) is 12.0. The topological polar surface area (TPSA) is 52.0 Å². The number of quaternary nitrogens is 1. The molecule has 0 saturated carbocycles. The van der Waals surface area contributed by atoms with Crippen molar-refractivity contribution in [1.82, 2.24) is 0 Å². The second-order valence-electron chi connectivity index (χ2n) is 6.22. The number of carbonyl (C=O) groups is 1. The Balaban J connectivity index is 1.62. The van der Waals surface area contributed by atoms with Crippen molar-refractivity contribution in [2.75, 3.05) is 25.6 Å². The molecule has 0 fully saturated rings. The van der Waals surface area contributed by atoms with Crippen molar-refractivity contribution in [2.24, 2.45) is 0 Å². The average Bonchev–Trinajstić information content (AvgIpc) is 2.61. The highest BCUT2D eigenvalue weighted by Crippen LogP contribution is 2.30. The van der Waals surface area contributed by atoms with Crippen LogP contribution in [0.2, 0.25) is 5.02 Å². The van der Waals surface area contributed by atoms with Crippen molar-refractivity contribution < 1.29 is 19.2 Å². The van der Waals surface area contributed by atoms with E-state index in [0.29, 0.717) is 30.5 Å². The van der Waals surface area contributed by atoms with Gasteiger partial charge in [-0.15, -0.1) is 0 Å². The van der Waals surface area contributed by atoms with Gasteiger partial charge in [0.15, 0.2) is 17.5 Å². The number of amides is 1. The van der Waals surface area contributed by atoms with Crippen molar-refractivity contribution in [3.63, 3.8) is 0 Å². The maximum absolute atomic E-state index is 12.5. The molecule has 25 heavy (non-hydrogen) atoms. The summed E-state index contributed by atoms with van der Waals surface area (Å²) in [7, 11) is 2.00. The van der Waals surface area contributed by atoms with Gasteiger partial charge in [0.1, 0.15) is 19.8 Å². The molecule has 2 aromatic rings. The predicted molar refractivity (Wildman–Crippen MR) is 97.6 cm³/mol. The zero-order chi connectivity index (χ0) is 17.8. The summed E-state index contributed by atoms with van der Waals surface area (Å²) in [6.45, 7) is 3.77. The molecule has 0 saturated heterocycles. The number of halogens is 1. The lowest BCUT2D eigenvalue weighted by Crippen LogP contribution is -3.12. The van der Waals surface area contributed by atoms with Gasteiger partial charge >= 0.3 is 0 Å². The largest absolute Gasteiger partial charge is 0.486 e. The van der Waals surface area contributed by atoms with E-state index in [-0.39, 0.29) is 11.9 Å². The molecule has 1 aliphatic rings. The molecule has 2 N–H and O–H groups in total. The number of hydrogen-bond donors (Lipinski definition) is 2. The third-order valence-electron chi connectivity index (χ3n) is 4.31. The van der Waals surface area contributed by atoms with Crippen LogP contribution in [-0.2, 0) is 11.3 Å². The van der Waals surface area contributed by atoms with Crippen LogP contribution in [0.5, 0.6) is 11.5 Å². The van der Waals surface area contributed by atoms with E-state index >= 15 is 0 Å². The molecule has 0 bridgehead atoms. The molecule has 2 aromatic carbocycles. The molecule has 0 radical (unpaired) electrons. The SMILES string of the molecule is C[C@H](C(=O)Nc1cccc(Cl)c1)[NH+](C)Cc1ccc2c(c1)OCCO2. The fourth-order valence-electron chi connectivity index (χ4n) is 2.71. The number of benzene rings is 2. The number of carbonyl (C=O) groups excluding carboxylic acids is 1. The summed E-state index contributed by atoms with van der Waals surface area (Å²) in [5, 5.41) is 3.51. The van der Waals surface area contributed by atoms with Crippen molar-refractivity contribution in [2.45, 2.75) is 19.5 Å². The molecule has 2 atom stereocenters. The third-order valence-corrected chi connectivity index (χ3v) is 4.55. The Labute approximate surface area is 152 Å². The van der Waals surface area contributed by atoms with Gasteiger partial charge < -0.3 is 19.7 Å². The van der Waals surface area contributed by atoms with Gasteiger partial charge in [-0.05, 0) is 43.3 Å². The Morgan fingerprint density at radius 2 is 1.96 bits per heavy atom. The van der Waals surface area contributed by atoms with Gasteiger partial charge in [0, 0.05) is 16.3 Å². The van der Waals surface area contributed by atoms with E-state index in [1.54, 1.807) is 12.1 Å². The van der Waals surface area contributed by atoms with Crippen LogP contribution in [0.3, 0.4) is 0 Å². The minimum absolute atomic E-state index is 0.0442. The lowest BCUT2D eigenvalue weighted by atomic mass is 10.1. The van der Waals surface area contributed by atoms with Gasteiger partial charge in [-0.1, -0.05) is 17.7 Å². The Hall–Kier alpha value is -2.24. The second-order valence-corrected chi connectivity index (χ2v) is 6.66. The monoisotopic (exact) mass is 361 g/mol. The molecule has 3 rings (SSSR count). The first-order valence-corrected chi connectivity index (χ1v) is 8.68. The van der Waals surface area contributed by atoms with E-state index in [1.807, 2.05) is 44.3 Å². The van der Waals surface area contributed by atoms with Crippen LogP contribution in [0.15, 0.2) is 42.5 Å². The number of nitrogens with one attached hydrogen (secondary N) is 2. The highest BCUT2D eigenvalue weighted by atomic mass is 35.5. The van der Waals surface area contributed by atoms with E-state index in [0.717, 1.165) is 22.0 Å². The zero-order valence-electron chi connectivity index (χ0n) is 14.3. The number of likely N-dealkylation sites (N-methyl/N-ethyl adjacent to an activating group) is 1. The summed E-state index contributed by atoms with van der Waals surface area (Å²) < 4.78 is 11.2. The molecule has 1 unspecified atom stereocenters. The molecule has 0 aromatic heterocycles. The standard InChI is InChI=1S/C19H21ClN2O3/c1-13(19(23)21-16-5-3-4-15(20)11-16)22(2)12-14-6-7-17-18(10-14)25-9-8-24-17/h3-7,10-11,13H,8-9,12H2,1-2H3,(H,21,23)/p+1/t13-/m1/s1. The first kappa shape index (κ1) is 17.6. The number of anilines is 1. The normalized spacial score (nSPS) is 15.3. The fraction of sp³-hybridized carbons (Fsp3) is 0.316. The van der Waals surface area contributed by atoms with Crippen molar-refractivity contribution in [1.29, 1.82) is 0 Å². The summed E-state index contributed by atoms with van der Waals surface area (Å²) in [5.74, 6) is 1.50. The average molecular weight is 362 g/mol. The predicted octanol–water partition coefficient (Wildman–Crippen LogP) is 2.15. The Kier molecular flexibility index (Phi) is 5.46. The lowest BCUT2D eigenvalue weighted by molar-refractivity contribution is -0.907. The summed E-state index contributed by atoms with van der Waals surface area (Å²) in [6.07, 6.45) is 0. The molecule has 1 heterocycles. The quantitative estimate of drug-likeness (QED) is 0.858. The summed E-state index contributed by atoms with van der Waals surface area (Å²) in [5.41, 5.74) is 1.81. The lowest BCUT2D eigenvalue weighted by Gasteiger charge is -2.23. The summed E-state index contributed by atoms with van der Waals surface area (Å²) >= 11 is 5.96. The van der Waals surface area contributed by atoms with Crippen molar-refractivity contribution in [3.05, 3.63) is 53.1 Å². The minimum Gasteiger partial charge on any atom is -0.486 e. The molecule has 5 nitrogen and oxygen atoms in total. The van der Waals surface area contributed by atoms with Gasteiger partial charge in [-0.3, -0.25) is 4.79 Å². The van der Waals surface area contributed by atoms with E-state index in [4.69, 9.17) is 21.1 Å². The van der Waals surface area contributed by atoms with Crippen LogP contribution in [0.4, 0.5) is 5.69 Å². The molecule has 1 aliphatic heterocycles. The van der Waals surface area contributed by atoms with E-state index in [9.17, 15) is 4.79 Å². The summed E-state index contributed by atoms with van der Waals surface area (Å²) in [4.78, 5) is 13.5. The Bertz CT molecular complexity index is 766. The second kappa shape index (κ2) is 7.76. The molecule has 0 aliphatic carbocycles. The van der Waals surface area contributed by atoms with Crippen LogP contribution in [-0.4, -0.2) is 32.2 Å². The number of rotatable bonds is 5. The van der Waals surface area contributed by atoms with Crippen LogP contribution < -0.4 is 19.7 Å². The van der Waals surface area contributed by atoms with Gasteiger partial charge in [0.2, 0.25) is 0 Å². The molecule has 6 heteroatoms. The van der Waals surface area contributed by atoms with Gasteiger partial charge in [-0.25, -0.2) is 0 Å². The van der Waals surface area contributed by atoms with Gasteiger partial charge in [-0.2, -0.15) is 0 Å². The molecular formula is C19H22ClN2O3+. The fourth-order valence-corrected chi connectivity index (χ4v) is 2.90. The van der Waals surface area contributed by atoms with Crippen molar-refractivity contribution >= 4 is 23.2 Å². The number of fused-ring (bicyclic) bond motifs is 1. The zero-order valence-corrected chi connectivity index (χ0v) is 15.1. The first-order valence-electron chi connectivity index (χ1n) is 8.30. The highest BCUT2D eigenvalue weighted by molar-refractivity contribution is 6.30. The van der Waals surface area contributed by atoms with Crippen LogP contribution in [0, 0.1) is 0 Å². The van der Waals surface area contributed by atoms with Crippen LogP contribution >= 0.6 is 11.6 Å². The van der Waals surface area contributed by atoms with Crippen LogP contribution in [0.25, 0.3) is 0 Å². The molecule has 0 spiro atoms. The van der Waals surface area contributed by atoms with Crippen molar-refractivity contribution in [3.8, 4) is 11.5 Å². The van der Waals surface area contributed by atoms with E-state index in [2.05, 4.69) is 5.32 Å². The minimum atomic E-state index is -0.216. The number of ether oxygens (including phenoxy) is 2. The maximum atomic E-state index is 12.5. The third kappa shape index (κ3) is 4.44. The summed E-state index contributed by atoms with van der Waals surface area (Å²) in [6, 6.07) is 12.9. The molecular weight excluding hydrogens is 340 g/mol. The van der Waals surface area contributed by atoms with Gasteiger partial charge in [0.05, 0.1) is 7.05 Å². The molecule has 1 amide bonds. The highest BCUT2D eigenvalue weighted by Gasteiger charge is 2.23.